The first-order chi connectivity index (χ1) is 11.9. The van der Waals surface area contributed by atoms with Crippen LogP contribution >= 0.6 is 0 Å². The summed E-state index contributed by atoms with van der Waals surface area (Å²) in [7, 11) is 0. The van der Waals surface area contributed by atoms with Crippen molar-refractivity contribution in [2.75, 3.05) is 5.32 Å². The second kappa shape index (κ2) is 6.34. The van der Waals surface area contributed by atoms with Gasteiger partial charge in [0.05, 0.1) is 5.56 Å². The number of pyridine rings is 1. The fourth-order valence-corrected chi connectivity index (χ4v) is 2.14. The predicted molar refractivity (Wildman–Crippen MR) is 79.8 cm³/mol. The molecule has 3 aromatic rings. The van der Waals surface area contributed by atoms with Gasteiger partial charge >= 0.3 is 12.1 Å². The lowest BCUT2D eigenvalue weighted by Crippen LogP contribution is -2.29. The molecule has 0 aliphatic rings. The monoisotopic (exact) mass is 351 g/mol. The zero-order valence-electron chi connectivity index (χ0n) is 12.3. The van der Waals surface area contributed by atoms with E-state index in [1.54, 1.807) is 5.32 Å². The summed E-state index contributed by atoms with van der Waals surface area (Å²) in [6.45, 7) is 0. The molecule has 0 spiro atoms. The first kappa shape index (κ1) is 16.6. The summed E-state index contributed by atoms with van der Waals surface area (Å²) in [5.74, 6) is -3.14. The number of hydrogen-bond acceptors (Lipinski definition) is 4. The van der Waals surface area contributed by atoms with Crippen molar-refractivity contribution in [2.24, 2.45) is 0 Å². The molecule has 3 rings (SSSR count). The Morgan fingerprint density at radius 3 is 2.24 bits per heavy atom. The molecule has 0 aliphatic heterocycles. The molecule has 128 valence electrons. The summed E-state index contributed by atoms with van der Waals surface area (Å²) in [6.07, 6.45) is -2.24. The smallest absolute Gasteiger partial charge is 0.337 e. The van der Waals surface area contributed by atoms with Crippen LogP contribution in [0.15, 0.2) is 53.3 Å². The Labute approximate surface area is 138 Å². The molecule has 2 heterocycles. The highest BCUT2D eigenvalue weighted by Crippen LogP contribution is 2.38. The Kier molecular flexibility index (Phi) is 4.22. The molecule has 1 N–H and O–H groups in total. The Morgan fingerprint density at radius 2 is 1.64 bits per heavy atom. The van der Waals surface area contributed by atoms with E-state index in [0.717, 1.165) is 0 Å². The number of alkyl halides is 3. The van der Waals surface area contributed by atoms with Crippen molar-refractivity contribution in [3.8, 4) is 22.4 Å². The topological polar surface area (TPSA) is 68.0 Å². The molecule has 0 unspecified atom stereocenters. The average Bonchev–Trinajstić information content (AvgIpc) is 2.99. The molecular formula is C16H9F4N3O2. The van der Waals surface area contributed by atoms with E-state index in [2.05, 4.69) is 10.1 Å². The lowest BCUT2D eigenvalue weighted by Gasteiger charge is -2.07. The largest absolute Gasteiger partial charge is 0.471 e. The fourth-order valence-electron chi connectivity index (χ4n) is 2.14. The molecule has 2 aromatic heterocycles. The third-order valence-corrected chi connectivity index (χ3v) is 3.26. The maximum atomic E-state index is 13.1. The van der Waals surface area contributed by atoms with Crippen LogP contribution in [0, 0.1) is 5.82 Å². The number of halogens is 4. The second-order valence-corrected chi connectivity index (χ2v) is 4.93. The summed E-state index contributed by atoms with van der Waals surface area (Å²) in [6, 6.07) is 8.18. The van der Waals surface area contributed by atoms with Gasteiger partial charge in [-0.3, -0.25) is 15.1 Å². The Balaban J connectivity index is 2.11. The number of nitrogens with one attached hydrogen (secondary N) is 1. The van der Waals surface area contributed by atoms with Crippen LogP contribution in [-0.4, -0.2) is 22.2 Å². The van der Waals surface area contributed by atoms with Gasteiger partial charge in [0.25, 0.3) is 0 Å². The number of benzene rings is 1. The number of carbonyl (C=O) groups is 1. The van der Waals surface area contributed by atoms with E-state index >= 15 is 0 Å². The van der Waals surface area contributed by atoms with Gasteiger partial charge in [-0.1, -0.05) is 5.16 Å². The van der Waals surface area contributed by atoms with Crippen molar-refractivity contribution in [3.05, 3.63) is 54.6 Å². The van der Waals surface area contributed by atoms with E-state index in [4.69, 9.17) is 4.52 Å². The van der Waals surface area contributed by atoms with Gasteiger partial charge < -0.3 is 4.52 Å². The summed E-state index contributed by atoms with van der Waals surface area (Å²) in [4.78, 5) is 15.1. The Bertz CT molecular complexity index is 890. The molecule has 25 heavy (non-hydrogen) atoms. The normalized spacial score (nSPS) is 11.4. The second-order valence-electron chi connectivity index (χ2n) is 4.93. The zero-order valence-corrected chi connectivity index (χ0v) is 12.3. The quantitative estimate of drug-likeness (QED) is 0.723. The van der Waals surface area contributed by atoms with Crippen LogP contribution in [0.3, 0.4) is 0 Å². The van der Waals surface area contributed by atoms with Crippen molar-refractivity contribution < 1.29 is 26.9 Å². The number of rotatable bonds is 3. The minimum Gasteiger partial charge on any atom is -0.337 e. The van der Waals surface area contributed by atoms with Gasteiger partial charge in [-0.05, 0) is 42.0 Å². The number of anilines is 1. The maximum Gasteiger partial charge on any atom is 0.471 e. The molecule has 5 nitrogen and oxygen atoms in total. The van der Waals surface area contributed by atoms with Crippen molar-refractivity contribution in [1.82, 2.24) is 10.1 Å². The number of nitrogens with zero attached hydrogens (tertiary/aromatic N) is 2. The first-order valence-electron chi connectivity index (χ1n) is 6.90. The zero-order chi connectivity index (χ0) is 18.0. The van der Waals surface area contributed by atoms with E-state index in [1.165, 1.54) is 48.8 Å². The third-order valence-electron chi connectivity index (χ3n) is 3.26. The van der Waals surface area contributed by atoms with E-state index < -0.39 is 23.8 Å². The molecule has 0 aliphatic carbocycles. The molecule has 0 saturated heterocycles. The Morgan fingerprint density at radius 1 is 1.00 bits per heavy atom. The fraction of sp³-hybridized carbons (Fsp3) is 0.0625. The summed E-state index contributed by atoms with van der Waals surface area (Å²) >= 11 is 0. The highest BCUT2D eigenvalue weighted by molar-refractivity contribution is 5.99. The molecule has 0 bridgehead atoms. The van der Waals surface area contributed by atoms with Crippen LogP contribution in [0.2, 0.25) is 0 Å². The summed E-state index contributed by atoms with van der Waals surface area (Å²) < 4.78 is 55.6. The van der Waals surface area contributed by atoms with E-state index in [-0.39, 0.29) is 11.3 Å². The van der Waals surface area contributed by atoms with Gasteiger partial charge in [0.15, 0.2) is 0 Å². The van der Waals surface area contributed by atoms with Gasteiger partial charge in [0.1, 0.15) is 11.5 Å². The summed E-state index contributed by atoms with van der Waals surface area (Å²) in [5.41, 5.74) is 1.12. The highest BCUT2D eigenvalue weighted by Gasteiger charge is 2.40. The molecule has 0 atom stereocenters. The number of hydrogen-bond donors (Lipinski definition) is 1. The van der Waals surface area contributed by atoms with E-state index in [1.807, 2.05) is 0 Å². The standard InChI is InChI=1S/C16H9F4N3O2/c17-11-3-1-10(2-4-11)13-12(9-5-7-21-8-6-9)14(25-23-13)22-15(24)16(18,19)20/h1-8H,(H,22,24). The molecule has 9 heteroatoms. The summed E-state index contributed by atoms with van der Waals surface area (Å²) in [5, 5.41) is 5.39. The van der Waals surface area contributed by atoms with Gasteiger partial charge in [-0.25, -0.2) is 4.39 Å². The van der Waals surface area contributed by atoms with Gasteiger partial charge in [-0.2, -0.15) is 13.2 Å². The van der Waals surface area contributed by atoms with Gasteiger partial charge in [-0.15, -0.1) is 0 Å². The molecule has 0 radical (unpaired) electrons. The molecule has 1 aromatic carbocycles. The van der Waals surface area contributed by atoms with Crippen molar-refractivity contribution >= 4 is 11.8 Å². The van der Waals surface area contributed by atoms with Crippen LogP contribution < -0.4 is 5.32 Å². The number of carbonyl (C=O) groups excluding carboxylic acids is 1. The lowest BCUT2D eigenvalue weighted by molar-refractivity contribution is -0.167. The van der Waals surface area contributed by atoms with Gasteiger partial charge in [0, 0.05) is 18.0 Å². The van der Waals surface area contributed by atoms with Crippen molar-refractivity contribution in [3.63, 3.8) is 0 Å². The lowest BCUT2D eigenvalue weighted by atomic mass is 10.0. The highest BCUT2D eigenvalue weighted by atomic mass is 19.4. The third kappa shape index (κ3) is 3.49. The van der Waals surface area contributed by atoms with Crippen LogP contribution in [0.1, 0.15) is 0 Å². The van der Waals surface area contributed by atoms with E-state index in [0.29, 0.717) is 11.1 Å². The molecular weight excluding hydrogens is 342 g/mol. The van der Waals surface area contributed by atoms with Crippen LogP contribution in [0.25, 0.3) is 22.4 Å². The minimum absolute atomic E-state index is 0.131. The number of aromatic nitrogens is 2. The first-order valence-corrected chi connectivity index (χ1v) is 6.90. The maximum absolute atomic E-state index is 13.1. The van der Waals surface area contributed by atoms with Crippen LogP contribution in [0.4, 0.5) is 23.4 Å². The van der Waals surface area contributed by atoms with Gasteiger partial charge in [0.2, 0.25) is 5.88 Å². The van der Waals surface area contributed by atoms with Crippen molar-refractivity contribution in [2.45, 2.75) is 6.18 Å². The minimum atomic E-state index is -5.08. The van der Waals surface area contributed by atoms with E-state index in [9.17, 15) is 22.4 Å². The van der Waals surface area contributed by atoms with Crippen molar-refractivity contribution in [1.29, 1.82) is 0 Å². The van der Waals surface area contributed by atoms with Crippen LogP contribution in [-0.2, 0) is 4.79 Å². The predicted octanol–water partition coefficient (Wildman–Crippen LogP) is 4.04. The molecule has 0 fully saturated rings. The van der Waals surface area contributed by atoms with Crippen LogP contribution in [0.5, 0.6) is 0 Å². The SMILES string of the molecule is O=C(Nc1onc(-c2ccc(F)cc2)c1-c1ccncc1)C(F)(F)F. The molecule has 1 amide bonds. The Hall–Kier alpha value is -3.23. The average molecular weight is 351 g/mol. The molecule has 0 saturated carbocycles. The number of amides is 1.